The molecule has 2 saturated heterocycles. The zero-order valence-electron chi connectivity index (χ0n) is 24.9. The quantitative estimate of drug-likeness (QED) is 0.210. The SMILES string of the molecule is C=CCON1C(C)(C)CC(NCCCCCCNC2CC(C)(C)N(OCC=C)C(C)(C)C2)CC1(C)C. The Balaban J connectivity index is 1.64. The highest BCUT2D eigenvalue weighted by atomic mass is 16.7. The maximum Gasteiger partial charge on any atom is 0.0864 e. The van der Waals surface area contributed by atoms with Crippen LogP contribution in [0.5, 0.6) is 0 Å². The van der Waals surface area contributed by atoms with Crippen LogP contribution in [0, 0.1) is 0 Å². The van der Waals surface area contributed by atoms with E-state index in [1.165, 1.54) is 25.7 Å². The molecule has 0 saturated carbocycles. The van der Waals surface area contributed by atoms with E-state index in [0.717, 1.165) is 38.8 Å². The Hall–Kier alpha value is -0.760. The summed E-state index contributed by atoms with van der Waals surface area (Å²) >= 11 is 0. The van der Waals surface area contributed by atoms with Crippen molar-refractivity contribution in [3.8, 4) is 0 Å². The van der Waals surface area contributed by atoms with Crippen molar-refractivity contribution in [3.05, 3.63) is 25.3 Å². The molecule has 2 fully saturated rings. The molecule has 2 aliphatic heterocycles. The molecule has 6 heteroatoms. The van der Waals surface area contributed by atoms with Crippen LogP contribution in [0.15, 0.2) is 25.3 Å². The zero-order valence-corrected chi connectivity index (χ0v) is 24.9. The third-order valence-corrected chi connectivity index (χ3v) is 7.80. The molecular formula is C30H58N4O2. The Morgan fingerprint density at radius 3 is 1.19 bits per heavy atom. The van der Waals surface area contributed by atoms with E-state index in [9.17, 15) is 0 Å². The predicted octanol–water partition coefficient (Wildman–Crippen LogP) is 6.00. The first-order valence-electron chi connectivity index (χ1n) is 14.3. The van der Waals surface area contributed by atoms with Gasteiger partial charge in [-0.1, -0.05) is 25.0 Å². The summed E-state index contributed by atoms with van der Waals surface area (Å²) in [6.45, 7) is 29.3. The largest absolute Gasteiger partial charge is 0.314 e. The van der Waals surface area contributed by atoms with Crippen molar-refractivity contribution in [1.29, 1.82) is 0 Å². The molecule has 36 heavy (non-hydrogen) atoms. The zero-order chi connectivity index (χ0) is 27.0. The van der Waals surface area contributed by atoms with Gasteiger partial charge in [0.2, 0.25) is 0 Å². The molecule has 2 rings (SSSR count). The molecule has 0 aromatic heterocycles. The summed E-state index contributed by atoms with van der Waals surface area (Å²) in [5.41, 5.74) is 0.0205. The predicted molar refractivity (Wildman–Crippen MR) is 153 cm³/mol. The monoisotopic (exact) mass is 506 g/mol. The molecule has 210 valence electrons. The number of hydrogen-bond donors (Lipinski definition) is 2. The van der Waals surface area contributed by atoms with Gasteiger partial charge in [0.05, 0.1) is 13.2 Å². The average Bonchev–Trinajstić information content (AvgIpc) is 2.72. The second kappa shape index (κ2) is 13.3. The smallest absolute Gasteiger partial charge is 0.0864 e. The Labute approximate surface area is 223 Å². The van der Waals surface area contributed by atoms with Gasteiger partial charge in [-0.25, -0.2) is 0 Å². The highest BCUT2D eigenvalue weighted by molar-refractivity contribution is 5.00. The summed E-state index contributed by atoms with van der Waals surface area (Å²) < 4.78 is 0. The minimum absolute atomic E-state index is 0.00511. The van der Waals surface area contributed by atoms with Gasteiger partial charge in [-0.05, 0) is 107 Å². The molecule has 2 heterocycles. The molecule has 0 aliphatic carbocycles. The van der Waals surface area contributed by atoms with Crippen molar-refractivity contribution in [3.63, 3.8) is 0 Å². The maximum absolute atomic E-state index is 6.05. The first kappa shape index (κ1) is 31.5. The van der Waals surface area contributed by atoms with Gasteiger partial charge in [0.15, 0.2) is 0 Å². The van der Waals surface area contributed by atoms with E-state index >= 15 is 0 Å². The third kappa shape index (κ3) is 8.92. The number of unbranched alkanes of at least 4 members (excludes halogenated alkanes) is 3. The Kier molecular flexibility index (Phi) is 11.7. The van der Waals surface area contributed by atoms with Crippen LogP contribution in [0.25, 0.3) is 0 Å². The first-order valence-corrected chi connectivity index (χ1v) is 14.3. The lowest BCUT2D eigenvalue weighted by atomic mass is 9.79. The van der Waals surface area contributed by atoms with E-state index in [1.54, 1.807) is 0 Å². The lowest BCUT2D eigenvalue weighted by Crippen LogP contribution is -2.63. The van der Waals surface area contributed by atoms with E-state index < -0.39 is 0 Å². The number of nitrogens with one attached hydrogen (secondary N) is 2. The van der Waals surface area contributed by atoms with Crippen molar-refractivity contribution in [1.82, 2.24) is 20.8 Å². The molecule has 0 bridgehead atoms. The summed E-state index contributed by atoms with van der Waals surface area (Å²) in [6.07, 6.45) is 13.1. The molecule has 0 unspecified atom stereocenters. The standard InChI is InChI=1S/C30H58N4O2/c1-11-19-35-33-27(3,4)21-25(22-28(33,5)6)31-17-15-13-14-16-18-32-26-23-29(7,8)34(36-20-12-2)30(9,10)24-26/h11-12,25-26,31-32H,1-2,13-24H2,3-10H3. The lowest BCUT2D eigenvalue weighted by Gasteiger charge is -2.54. The fourth-order valence-corrected chi connectivity index (χ4v) is 6.98. The van der Waals surface area contributed by atoms with Gasteiger partial charge < -0.3 is 10.6 Å². The molecule has 0 aromatic carbocycles. The van der Waals surface area contributed by atoms with Gasteiger partial charge >= 0.3 is 0 Å². The second-order valence-corrected chi connectivity index (χ2v) is 13.5. The molecule has 0 atom stereocenters. The van der Waals surface area contributed by atoms with Gasteiger partial charge in [0, 0.05) is 34.2 Å². The average molecular weight is 507 g/mol. The number of hydrogen-bond acceptors (Lipinski definition) is 6. The number of nitrogens with zero attached hydrogens (tertiary/aromatic N) is 2. The van der Waals surface area contributed by atoms with Crippen molar-refractivity contribution >= 4 is 0 Å². The van der Waals surface area contributed by atoms with Crippen LogP contribution in [0.2, 0.25) is 0 Å². The minimum Gasteiger partial charge on any atom is -0.314 e. The summed E-state index contributed by atoms with van der Waals surface area (Å²) in [5, 5.41) is 12.1. The number of piperidine rings is 2. The topological polar surface area (TPSA) is 49.0 Å². The second-order valence-electron chi connectivity index (χ2n) is 13.5. The van der Waals surface area contributed by atoms with Crippen LogP contribution in [-0.2, 0) is 9.68 Å². The van der Waals surface area contributed by atoms with E-state index in [4.69, 9.17) is 9.68 Å². The van der Waals surface area contributed by atoms with Gasteiger partial charge in [0.1, 0.15) is 0 Å². The Morgan fingerprint density at radius 2 is 0.917 bits per heavy atom. The Bertz CT molecular complexity index is 594. The van der Waals surface area contributed by atoms with Crippen molar-refractivity contribution < 1.29 is 9.68 Å². The van der Waals surface area contributed by atoms with Crippen molar-refractivity contribution in [2.45, 2.75) is 141 Å². The first-order chi connectivity index (χ1) is 16.7. The molecule has 0 amide bonds. The maximum atomic E-state index is 6.05. The summed E-state index contributed by atoms with van der Waals surface area (Å²) in [5.74, 6) is 0. The highest BCUT2D eigenvalue weighted by Crippen LogP contribution is 2.39. The van der Waals surface area contributed by atoms with Crippen LogP contribution >= 0.6 is 0 Å². The van der Waals surface area contributed by atoms with E-state index in [-0.39, 0.29) is 22.2 Å². The van der Waals surface area contributed by atoms with Crippen LogP contribution in [0.1, 0.15) is 107 Å². The molecule has 0 radical (unpaired) electrons. The van der Waals surface area contributed by atoms with Crippen LogP contribution < -0.4 is 10.6 Å². The Morgan fingerprint density at radius 1 is 0.611 bits per heavy atom. The van der Waals surface area contributed by atoms with Gasteiger partial charge in [-0.15, -0.1) is 13.2 Å². The van der Waals surface area contributed by atoms with Crippen molar-refractivity contribution in [2.75, 3.05) is 26.3 Å². The third-order valence-electron chi connectivity index (χ3n) is 7.80. The van der Waals surface area contributed by atoms with E-state index in [0.29, 0.717) is 25.3 Å². The minimum atomic E-state index is 0.00511. The molecule has 0 aromatic rings. The molecule has 6 nitrogen and oxygen atoms in total. The molecular weight excluding hydrogens is 448 g/mol. The van der Waals surface area contributed by atoms with Gasteiger partial charge in [0.25, 0.3) is 0 Å². The highest BCUT2D eigenvalue weighted by Gasteiger charge is 2.47. The van der Waals surface area contributed by atoms with Gasteiger partial charge in [-0.2, -0.15) is 10.1 Å². The van der Waals surface area contributed by atoms with Crippen LogP contribution in [0.4, 0.5) is 0 Å². The fourth-order valence-electron chi connectivity index (χ4n) is 6.98. The molecule has 0 spiro atoms. The lowest BCUT2D eigenvalue weighted by molar-refractivity contribution is -0.277. The fraction of sp³-hybridized carbons (Fsp3) is 0.867. The van der Waals surface area contributed by atoms with Gasteiger partial charge in [-0.3, -0.25) is 9.68 Å². The van der Waals surface area contributed by atoms with Crippen LogP contribution in [-0.4, -0.2) is 70.7 Å². The number of hydroxylamine groups is 4. The summed E-state index contributed by atoms with van der Waals surface area (Å²) in [7, 11) is 0. The molecule has 2 N–H and O–H groups in total. The normalized spacial score (nSPS) is 24.6. The van der Waals surface area contributed by atoms with Crippen molar-refractivity contribution in [2.24, 2.45) is 0 Å². The van der Waals surface area contributed by atoms with E-state index in [1.807, 2.05) is 12.2 Å². The number of rotatable bonds is 15. The molecule has 2 aliphatic rings. The summed E-state index contributed by atoms with van der Waals surface area (Å²) in [4.78, 5) is 12.1. The van der Waals surface area contributed by atoms with Crippen LogP contribution in [0.3, 0.4) is 0 Å². The van der Waals surface area contributed by atoms with E-state index in [2.05, 4.69) is 89.3 Å². The summed E-state index contributed by atoms with van der Waals surface area (Å²) in [6, 6.07) is 1.07.